The lowest BCUT2D eigenvalue weighted by Crippen LogP contribution is -2.02. The van der Waals surface area contributed by atoms with Crippen molar-refractivity contribution in [3.05, 3.63) is 75.0 Å². The maximum absolute atomic E-state index is 12.8. The van der Waals surface area contributed by atoms with Gasteiger partial charge in [-0.05, 0) is 70.7 Å². The zero-order chi connectivity index (χ0) is 22.7. The van der Waals surface area contributed by atoms with Crippen molar-refractivity contribution in [3.63, 3.8) is 0 Å². The number of phenols is 3. The largest absolute Gasteiger partial charge is 0.508 e. The monoisotopic (exact) mass is 420 g/mol. The summed E-state index contributed by atoms with van der Waals surface area (Å²) in [6.45, 7) is 7.87. The number of phenolic OH excluding ortho intramolecular Hbond substituents is 3. The van der Waals surface area contributed by atoms with E-state index in [1.807, 2.05) is 13.0 Å². The lowest BCUT2D eigenvalue weighted by molar-refractivity contribution is 0.443. The average molecular weight is 421 g/mol. The molecule has 0 aliphatic rings. The number of fused-ring (bicyclic) bond motifs is 1. The van der Waals surface area contributed by atoms with Crippen LogP contribution in [0.1, 0.15) is 44.7 Å². The highest BCUT2D eigenvalue weighted by Crippen LogP contribution is 2.36. The van der Waals surface area contributed by atoms with Crippen LogP contribution < -0.4 is 5.43 Å². The zero-order valence-electron chi connectivity index (χ0n) is 18.3. The smallest absolute Gasteiger partial charge is 0.197 e. The van der Waals surface area contributed by atoms with Crippen molar-refractivity contribution in [3.8, 4) is 28.6 Å². The highest BCUT2D eigenvalue weighted by atomic mass is 16.3. The van der Waals surface area contributed by atoms with Gasteiger partial charge in [-0.2, -0.15) is 0 Å². The Morgan fingerprint density at radius 2 is 1.74 bits per heavy atom. The van der Waals surface area contributed by atoms with Crippen LogP contribution in [0.2, 0.25) is 0 Å². The third-order valence-corrected chi connectivity index (χ3v) is 5.30. The summed E-state index contributed by atoms with van der Waals surface area (Å²) in [5, 5.41) is 31.0. The third kappa shape index (κ3) is 5.00. The maximum Gasteiger partial charge on any atom is 0.197 e. The van der Waals surface area contributed by atoms with Gasteiger partial charge in [0.2, 0.25) is 0 Å². The molecule has 0 aliphatic heterocycles. The van der Waals surface area contributed by atoms with Gasteiger partial charge in [-0.15, -0.1) is 0 Å². The lowest BCUT2D eigenvalue weighted by Gasteiger charge is -2.10. The summed E-state index contributed by atoms with van der Waals surface area (Å²) in [5.41, 5.74) is 3.68. The Labute approximate surface area is 181 Å². The van der Waals surface area contributed by atoms with E-state index in [4.69, 9.17) is 4.42 Å². The van der Waals surface area contributed by atoms with Crippen LogP contribution in [0.3, 0.4) is 0 Å². The van der Waals surface area contributed by atoms with Crippen LogP contribution in [0, 0.1) is 6.92 Å². The number of benzene rings is 2. The Hall–Kier alpha value is -3.47. The summed E-state index contributed by atoms with van der Waals surface area (Å²) >= 11 is 0. The van der Waals surface area contributed by atoms with Gasteiger partial charge in [0.25, 0.3) is 0 Å². The number of aromatic hydroxyl groups is 3. The van der Waals surface area contributed by atoms with E-state index in [2.05, 4.69) is 19.9 Å². The van der Waals surface area contributed by atoms with E-state index >= 15 is 0 Å². The predicted molar refractivity (Wildman–Crippen MR) is 124 cm³/mol. The minimum atomic E-state index is -0.398. The first kappa shape index (κ1) is 22.2. The van der Waals surface area contributed by atoms with Gasteiger partial charge in [0, 0.05) is 23.3 Å². The first-order chi connectivity index (χ1) is 14.7. The minimum Gasteiger partial charge on any atom is -0.508 e. The summed E-state index contributed by atoms with van der Waals surface area (Å²) in [6.07, 6.45) is 6.25. The van der Waals surface area contributed by atoms with E-state index in [0.717, 1.165) is 18.4 Å². The number of aryl methyl sites for hydroxylation is 1. The molecule has 0 saturated carbocycles. The van der Waals surface area contributed by atoms with Gasteiger partial charge in [0.1, 0.15) is 34.0 Å². The van der Waals surface area contributed by atoms with Crippen LogP contribution in [0.15, 0.2) is 62.8 Å². The van der Waals surface area contributed by atoms with Crippen molar-refractivity contribution < 1.29 is 19.7 Å². The van der Waals surface area contributed by atoms with Crippen molar-refractivity contribution in [2.45, 2.75) is 47.0 Å². The highest BCUT2D eigenvalue weighted by Gasteiger charge is 2.17. The van der Waals surface area contributed by atoms with Gasteiger partial charge in [-0.3, -0.25) is 4.79 Å². The molecule has 0 radical (unpaired) electrons. The molecule has 2 aromatic carbocycles. The van der Waals surface area contributed by atoms with Crippen molar-refractivity contribution >= 4 is 11.0 Å². The molecule has 3 rings (SSSR count). The predicted octanol–water partition coefficient (Wildman–Crippen LogP) is 6.12. The molecule has 5 nitrogen and oxygen atoms in total. The molecule has 5 heteroatoms. The third-order valence-electron chi connectivity index (χ3n) is 5.30. The summed E-state index contributed by atoms with van der Waals surface area (Å²) in [6, 6.07) is 7.56. The molecule has 0 atom stereocenters. The summed E-state index contributed by atoms with van der Waals surface area (Å²) in [5.74, 6) is 0.0595. The SMILES string of the molecule is CC(C)=CCC/C(C)=C/Cc1c(O)cc2oc(-c3ccc(O)c(C)c3)cc(=O)c2c1O. The molecule has 0 unspecified atom stereocenters. The van der Waals surface area contributed by atoms with Crippen LogP contribution in [0.4, 0.5) is 0 Å². The van der Waals surface area contributed by atoms with Crippen LogP contribution in [0.25, 0.3) is 22.3 Å². The molecule has 1 aromatic heterocycles. The number of hydrogen-bond donors (Lipinski definition) is 3. The molecular weight excluding hydrogens is 392 g/mol. The van der Waals surface area contributed by atoms with E-state index in [-0.39, 0.29) is 28.2 Å². The Morgan fingerprint density at radius 1 is 1.00 bits per heavy atom. The Balaban J connectivity index is 1.98. The molecule has 0 bridgehead atoms. The van der Waals surface area contributed by atoms with Crippen molar-refractivity contribution in [2.75, 3.05) is 0 Å². The van der Waals surface area contributed by atoms with Gasteiger partial charge in [-0.25, -0.2) is 0 Å². The minimum absolute atomic E-state index is 0.0441. The molecule has 0 amide bonds. The topological polar surface area (TPSA) is 90.9 Å². The second-order valence-corrected chi connectivity index (χ2v) is 8.15. The first-order valence-corrected chi connectivity index (χ1v) is 10.3. The maximum atomic E-state index is 12.8. The second-order valence-electron chi connectivity index (χ2n) is 8.15. The fourth-order valence-electron chi connectivity index (χ4n) is 3.45. The molecular formula is C26H28O5. The molecule has 31 heavy (non-hydrogen) atoms. The van der Waals surface area contributed by atoms with Crippen molar-refractivity contribution in [2.24, 2.45) is 0 Å². The second kappa shape index (κ2) is 9.13. The Bertz CT molecular complexity index is 1240. The fourth-order valence-corrected chi connectivity index (χ4v) is 3.45. The van der Waals surface area contributed by atoms with Crippen LogP contribution in [-0.2, 0) is 6.42 Å². The van der Waals surface area contributed by atoms with E-state index in [1.54, 1.807) is 19.1 Å². The molecule has 3 N–H and O–H groups in total. The Morgan fingerprint density at radius 3 is 2.42 bits per heavy atom. The number of hydrogen-bond acceptors (Lipinski definition) is 5. The normalized spacial score (nSPS) is 11.7. The molecule has 1 heterocycles. The quantitative estimate of drug-likeness (QED) is 0.418. The zero-order valence-corrected chi connectivity index (χ0v) is 18.3. The van der Waals surface area contributed by atoms with Gasteiger partial charge >= 0.3 is 0 Å². The average Bonchev–Trinajstić information content (AvgIpc) is 2.68. The summed E-state index contributed by atoms with van der Waals surface area (Å²) in [7, 11) is 0. The highest BCUT2D eigenvalue weighted by molar-refractivity contribution is 5.88. The number of rotatable bonds is 6. The fraction of sp³-hybridized carbons (Fsp3) is 0.269. The van der Waals surface area contributed by atoms with Crippen LogP contribution >= 0.6 is 0 Å². The van der Waals surface area contributed by atoms with E-state index in [0.29, 0.717) is 28.9 Å². The van der Waals surface area contributed by atoms with E-state index < -0.39 is 5.43 Å². The molecule has 0 saturated heterocycles. The molecule has 0 spiro atoms. The van der Waals surface area contributed by atoms with Crippen molar-refractivity contribution in [1.82, 2.24) is 0 Å². The van der Waals surface area contributed by atoms with E-state index in [1.165, 1.54) is 23.8 Å². The van der Waals surface area contributed by atoms with Gasteiger partial charge in [0.15, 0.2) is 5.43 Å². The molecule has 162 valence electrons. The van der Waals surface area contributed by atoms with Gasteiger partial charge in [-0.1, -0.05) is 23.3 Å². The standard InChI is InChI=1S/C26H28O5/c1-15(2)6-5-7-16(3)8-10-19-21(28)13-24-25(26(19)30)22(29)14-23(31-24)18-9-11-20(27)17(4)12-18/h6,8-9,11-14,27-28,30H,5,7,10H2,1-4H3/b16-8+. The lowest BCUT2D eigenvalue weighted by atomic mass is 10.0. The van der Waals surface area contributed by atoms with E-state index in [9.17, 15) is 20.1 Å². The van der Waals surface area contributed by atoms with Crippen molar-refractivity contribution in [1.29, 1.82) is 0 Å². The Kier molecular flexibility index (Phi) is 6.54. The number of allylic oxidation sites excluding steroid dienone is 4. The first-order valence-electron chi connectivity index (χ1n) is 10.3. The van der Waals surface area contributed by atoms with Crippen LogP contribution in [-0.4, -0.2) is 15.3 Å². The summed E-state index contributed by atoms with van der Waals surface area (Å²) < 4.78 is 5.82. The molecule has 0 aliphatic carbocycles. The van der Waals surface area contributed by atoms with Crippen LogP contribution in [0.5, 0.6) is 17.2 Å². The van der Waals surface area contributed by atoms with Gasteiger partial charge in [0.05, 0.1) is 0 Å². The van der Waals surface area contributed by atoms with Gasteiger partial charge < -0.3 is 19.7 Å². The summed E-state index contributed by atoms with van der Waals surface area (Å²) in [4.78, 5) is 12.8. The molecule has 3 aromatic rings. The molecule has 0 fully saturated rings.